The molecule has 0 saturated heterocycles. The molecule has 0 aliphatic rings. The van der Waals surface area contributed by atoms with Gasteiger partial charge in [0.25, 0.3) is 5.95 Å². The van der Waals surface area contributed by atoms with Gasteiger partial charge in [-0.2, -0.15) is 0 Å². The average molecular weight is 496 g/mol. The molecule has 2 aromatic carbocycles. The van der Waals surface area contributed by atoms with Gasteiger partial charge >= 0.3 is 11.9 Å². The zero-order valence-electron chi connectivity index (χ0n) is 22.2. The Bertz CT molecular complexity index is 1350. The zero-order valence-corrected chi connectivity index (χ0v) is 22.2. The fourth-order valence-electron chi connectivity index (χ4n) is 3.84. The Morgan fingerprint density at radius 2 is 1.50 bits per heavy atom. The largest absolute Gasteiger partial charge is 0.496 e. The zero-order chi connectivity index (χ0) is 27.0. The van der Waals surface area contributed by atoms with E-state index in [1.165, 1.54) is 39.7 Å². The number of aliphatic imine (C=N–C) groups is 1. The van der Waals surface area contributed by atoms with Crippen LogP contribution in [0.1, 0.15) is 78.9 Å². The van der Waals surface area contributed by atoms with Crippen LogP contribution in [0.4, 0.5) is 5.69 Å². The molecule has 0 amide bonds. The standard InChI is InChI=1S/C28H33NO7/c1-27(2,3)15-10-16-19(26(32)36-23(16)20(11-15)28(4,5)6)14-29-21-12-18(25(31)35-9)22(33-7)13-17(21)24(30)34-8/h10-14,32H,1-9H3. The lowest BCUT2D eigenvalue weighted by Gasteiger charge is -2.25. The second kappa shape index (κ2) is 9.68. The van der Waals surface area contributed by atoms with Crippen LogP contribution in [0, 0.1) is 0 Å². The predicted octanol–water partition coefficient (Wildman–Crippen LogP) is 6.07. The summed E-state index contributed by atoms with van der Waals surface area (Å²) in [5, 5.41) is 11.4. The van der Waals surface area contributed by atoms with Crippen LogP contribution in [0.25, 0.3) is 11.0 Å². The number of esters is 2. The number of nitrogens with zero attached hydrogens (tertiary/aromatic N) is 1. The molecule has 1 aromatic heterocycles. The van der Waals surface area contributed by atoms with E-state index >= 15 is 0 Å². The number of hydrogen-bond acceptors (Lipinski definition) is 8. The summed E-state index contributed by atoms with van der Waals surface area (Å²) in [5.74, 6) is -1.47. The lowest BCUT2D eigenvalue weighted by atomic mass is 9.79. The second-order valence-electron chi connectivity index (χ2n) is 10.5. The summed E-state index contributed by atoms with van der Waals surface area (Å²) < 4.78 is 20.8. The number of fused-ring (bicyclic) bond motifs is 1. The summed E-state index contributed by atoms with van der Waals surface area (Å²) in [6.07, 6.45) is 1.41. The van der Waals surface area contributed by atoms with E-state index in [1.807, 2.05) is 6.07 Å². The summed E-state index contributed by atoms with van der Waals surface area (Å²) in [5.41, 5.74) is 2.85. The van der Waals surface area contributed by atoms with E-state index in [4.69, 9.17) is 18.6 Å². The molecular weight excluding hydrogens is 462 g/mol. The van der Waals surface area contributed by atoms with Gasteiger partial charge in [0, 0.05) is 17.2 Å². The highest BCUT2D eigenvalue weighted by atomic mass is 16.5. The molecule has 0 fully saturated rings. The van der Waals surface area contributed by atoms with Crippen LogP contribution in [0.15, 0.2) is 33.7 Å². The fraction of sp³-hybridized carbons (Fsp3) is 0.393. The van der Waals surface area contributed by atoms with Crippen LogP contribution in [0.2, 0.25) is 0 Å². The van der Waals surface area contributed by atoms with Crippen molar-refractivity contribution in [1.29, 1.82) is 0 Å². The van der Waals surface area contributed by atoms with Crippen molar-refractivity contribution >= 4 is 34.8 Å². The summed E-state index contributed by atoms with van der Waals surface area (Å²) in [6.45, 7) is 12.6. The van der Waals surface area contributed by atoms with Gasteiger partial charge in [-0.05, 0) is 34.6 Å². The Balaban J connectivity index is 2.29. The third-order valence-electron chi connectivity index (χ3n) is 5.94. The van der Waals surface area contributed by atoms with E-state index in [2.05, 4.69) is 52.6 Å². The van der Waals surface area contributed by atoms with Crippen LogP contribution >= 0.6 is 0 Å². The Kier molecular flexibility index (Phi) is 7.20. The van der Waals surface area contributed by atoms with Crippen molar-refractivity contribution < 1.29 is 33.3 Å². The maximum absolute atomic E-state index is 12.5. The van der Waals surface area contributed by atoms with Gasteiger partial charge in [0.1, 0.15) is 16.9 Å². The maximum atomic E-state index is 12.5. The third kappa shape index (κ3) is 5.08. The van der Waals surface area contributed by atoms with Gasteiger partial charge in [-0.25, -0.2) is 9.59 Å². The van der Waals surface area contributed by atoms with E-state index in [0.717, 1.165) is 11.1 Å². The van der Waals surface area contributed by atoms with Gasteiger partial charge in [0.15, 0.2) is 0 Å². The van der Waals surface area contributed by atoms with Crippen molar-refractivity contribution in [2.75, 3.05) is 21.3 Å². The van der Waals surface area contributed by atoms with E-state index in [1.54, 1.807) is 0 Å². The second-order valence-corrected chi connectivity index (χ2v) is 10.5. The number of carbonyl (C=O) groups excluding carboxylic acids is 2. The van der Waals surface area contributed by atoms with Crippen LogP contribution in [-0.4, -0.2) is 44.6 Å². The van der Waals surface area contributed by atoms with Crippen LogP contribution < -0.4 is 4.74 Å². The topological polar surface area (TPSA) is 108 Å². The lowest BCUT2D eigenvalue weighted by Crippen LogP contribution is -2.16. The van der Waals surface area contributed by atoms with Crippen molar-refractivity contribution in [1.82, 2.24) is 0 Å². The fourth-order valence-corrected chi connectivity index (χ4v) is 3.84. The SMILES string of the molecule is COC(=O)c1cc(OC)c(C(=O)OC)cc1N=Cc1c(O)oc2c(C(C)(C)C)cc(C(C)(C)C)cc12. The average Bonchev–Trinajstić information content (AvgIpc) is 3.13. The molecule has 8 heteroatoms. The molecule has 8 nitrogen and oxygen atoms in total. The summed E-state index contributed by atoms with van der Waals surface area (Å²) in [6, 6.07) is 6.83. The highest BCUT2D eigenvalue weighted by molar-refractivity contribution is 6.05. The number of hydrogen-bond donors (Lipinski definition) is 1. The molecule has 0 aliphatic carbocycles. The Morgan fingerprint density at radius 1 is 0.889 bits per heavy atom. The van der Waals surface area contributed by atoms with Crippen LogP contribution in [0.5, 0.6) is 11.7 Å². The number of benzene rings is 2. The molecule has 36 heavy (non-hydrogen) atoms. The number of rotatable bonds is 5. The molecule has 0 aliphatic heterocycles. The first-order chi connectivity index (χ1) is 16.7. The van der Waals surface area contributed by atoms with Gasteiger partial charge in [-0.1, -0.05) is 47.6 Å². The van der Waals surface area contributed by atoms with Crippen LogP contribution in [-0.2, 0) is 20.3 Å². The molecule has 0 radical (unpaired) electrons. The summed E-state index contributed by atoms with van der Waals surface area (Å²) in [7, 11) is 3.86. The molecule has 1 N–H and O–H groups in total. The van der Waals surface area contributed by atoms with Gasteiger partial charge in [-0.3, -0.25) is 4.99 Å². The molecule has 0 saturated carbocycles. The third-order valence-corrected chi connectivity index (χ3v) is 5.94. The van der Waals surface area contributed by atoms with Crippen molar-refractivity contribution in [3.8, 4) is 11.7 Å². The minimum atomic E-state index is -0.664. The quantitative estimate of drug-likeness (QED) is 0.338. The number of furan rings is 1. The monoisotopic (exact) mass is 495 g/mol. The Morgan fingerprint density at radius 3 is 2.03 bits per heavy atom. The summed E-state index contributed by atoms with van der Waals surface area (Å²) in [4.78, 5) is 29.2. The first-order valence-corrected chi connectivity index (χ1v) is 11.5. The minimum absolute atomic E-state index is 0.0799. The molecule has 0 bridgehead atoms. The van der Waals surface area contributed by atoms with Crippen molar-refractivity contribution in [3.63, 3.8) is 0 Å². The molecule has 3 rings (SSSR count). The lowest BCUT2D eigenvalue weighted by molar-refractivity contribution is 0.0584. The predicted molar refractivity (Wildman–Crippen MR) is 138 cm³/mol. The van der Waals surface area contributed by atoms with E-state index < -0.39 is 11.9 Å². The first kappa shape index (κ1) is 26.8. The van der Waals surface area contributed by atoms with Crippen molar-refractivity contribution in [2.24, 2.45) is 4.99 Å². The highest BCUT2D eigenvalue weighted by Gasteiger charge is 2.27. The molecule has 192 valence electrons. The summed E-state index contributed by atoms with van der Waals surface area (Å²) >= 11 is 0. The van der Waals surface area contributed by atoms with E-state index in [9.17, 15) is 14.7 Å². The number of methoxy groups -OCH3 is 3. The van der Waals surface area contributed by atoms with Crippen LogP contribution in [0.3, 0.4) is 0 Å². The molecule has 3 aromatic rings. The van der Waals surface area contributed by atoms with E-state index in [-0.39, 0.29) is 39.3 Å². The number of ether oxygens (including phenoxy) is 3. The molecule has 0 spiro atoms. The normalized spacial score (nSPS) is 12.2. The van der Waals surface area contributed by atoms with Crippen molar-refractivity contribution in [2.45, 2.75) is 52.4 Å². The highest BCUT2D eigenvalue weighted by Crippen LogP contribution is 2.40. The molecule has 0 atom stereocenters. The molecule has 1 heterocycles. The minimum Gasteiger partial charge on any atom is -0.496 e. The van der Waals surface area contributed by atoms with Gasteiger partial charge < -0.3 is 23.7 Å². The number of carbonyl (C=O) groups is 2. The molecular formula is C28H33NO7. The Labute approximate surface area is 210 Å². The molecule has 0 unspecified atom stereocenters. The maximum Gasteiger partial charge on any atom is 0.341 e. The van der Waals surface area contributed by atoms with Gasteiger partial charge in [0.05, 0.1) is 38.1 Å². The van der Waals surface area contributed by atoms with Gasteiger partial charge in [0.2, 0.25) is 0 Å². The Hall–Kier alpha value is -3.81. The number of aromatic hydroxyl groups is 1. The van der Waals surface area contributed by atoms with Crippen molar-refractivity contribution in [3.05, 3.63) is 52.1 Å². The van der Waals surface area contributed by atoms with E-state index in [0.29, 0.717) is 16.5 Å². The van der Waals surface area contributed by atoms with Gasteiger partial charge in [-0.15, -0.1) is 0 Å². The first-order valence-electron chi connectivity index (χ1n) is 11.5. The smallest absolute Gasteiger partial charge is 0.341 e.